The van der Waals surface area contributed by atoms with E-state index in [-0.39, 0.29) is 31.2 Å². The molecule has 0 spiro atoms. The van der Waals surface area contributed by atoms with Gasteiger partial charge in [-0.05, 0) is 34.1 Å². The molecule has 2 unspecified atom stereocenters. The molecule has 3 rings (SSSR count). The molecule has 2 aliphatic heterocycles. The molecule has 0 saturated heterocycles. The summed E-state index contributed by atoms with van der Waals surface area (Å²) in [5.74, 6) is -3.17. The summed E-state index contributed by atoms with van der Waals surface area (Å²) >= 11 is 0. The van der Waals surface area contributed by atoms with Gasteiger partial charge in [-0.2, -0.15) is 13.9 Å². The van der Waals surface area contributed by atoms with E-state index < -0.39 is 30.1 Å². The fourth-order valence-electron chi connectivity index (χ4n) is 3.50. The number of hydrogen-bond acceptors (Lipinski definition) is 4. The highest BCUT2D eigenvalue weighted by molar-refractivity contribution is 5.69. The lowest BCUT2D eigenvalue weighted by Gasteiger charge is -2.35. The van der Waals surface area contributed by atoms with Gasteiger partial charge in [0.2, 0.25) is 0 Å². The van der Waals surface area contributed by atoms with Crippen LogP contribution in [-0.4, -0.2) is 43.6 Å². The standard InChI is InChI=1S/C17H25F2N3O3/c1-10-7-13-12(9-21(10)15(24)25-16(2,3)4)14-17(18,19)8-11(23)5-6-22(14)20-13/h10-11,23H,5-9H2,1-4H3. The van der Waals surface area contributed by atoms with Crippen LogP contribution in [0.4, 0.5) is 13.6 Å². The molecule has 6 nitrogen and oxygen atoms in total. The third-order valence-corrected chi connectivity index (χ3v) is 4.62. The summed E-state index contributed by atoms with van der Waals surface area (Å²) in [5.41, 5.74) is 0.182. The van der Waals surface area contributed by atoms with E-state index in [1.807, 2.05) is 6.92 Å². The van der Waals surface area contributed by atoms with Crippen molar-refractivity contribution in [3.63, 3.8) is 0 Å². The van der Waals surface area contributed by atoms with Gasteiger partial charge in [0.05, 0.1) is 18.3 Å². The van der Waals surface area contributed by atoms with Gasteiger partial charge in [0.25, 0.3) is 5.92 Å². The second-order valence-corrected chi connectivity index (χ2v) is 8.01. The van der Waals surface area contributed by atoms with Gasteiger partial charge in [-0.25, -0.2) is 4.79 Å². The van der Waals surface area contributed by atoms with Crippen molar-refractivity contribution in [3.05, 3.63) is 17.0 Å². The van der Waals surface area contributed by atoms with E-state index in [4.69, 9.17) is 4.74 Å². The topological polar surface area (TPSA) is 67.6 Å². The van der Waals surface area contributed by atoms with Crippen molar-refractivity contribution in [2.24, 2.45) is 0 Å². The molecule has 0 fully saturated rings. The number of fused-ring (bicyclic) bond motifs is 3. The van der Waals surface area contributed by atoms with Gasteiger partial charge < -0.3 is 14.7 Å². The first-order valence-corrected chi connectivity index (χ1v) is 8.62. The number of alkyl halides is 2. The quantitative estimate of drug-likeness (QED) is 0.775. The molecule has 2 aliphatic rings. The van der Waals surface area contributed by atoms with Crippen LogP contribution in [0.15, 0.2) is 0 Å². The van der Waals surface area contributed by atoms with Crippen LogP contribution < -0.4 is 0 Å². The van der Waals surface area contributed by atoms with Crippen molar-refractivity contribution < 1.29 is 23.4 Å². The van der Waals surface area contributed by atoms with Crippen molar-refractivity contribution in [2.45, 2.75) is 83.7 Å². The SMILES string of the molecule is CC1Cc2nn3c(c2CN1C(=O)OC(C)(C)C)C(F)(F)CC(O)CC3. The fraction of sp³-hybridized carbons (Fsp3) is 0.765. The molecule has 0 saturated carbocycles. The molecule has 2 atom stereocenters. The van der Waals surface area contributed by atoms with Gasteiger partial charge >= 0.3 is 6.09 Å². The number of hydrogen-bond donors (Lipinski definition) is 1. The number of ether oxygens (including phenoxy) is 1. The predicted octanol–water partition coefficient (Wildman–Crippen LogP) is 2.81. The molecular weight excluding hydrogens is 332 g/mol. The summed E-state index contributed by atoms with van der Waals surface area (Å²) in [7, 11) is 0. The minimum atomic E-state index is -3.17. The average Bonchev–Trinajstić information content (AvgIpc) is 2.74. The summed E-state index contributed by atoms with van der Waals surface area (Å²) in [6, 6.07) is -0.180. The van der Waals surface area contributed by atoms with E-state index >= 15 is 0 Å². The molecule has 0 bridgehead atoms. The molecule has 8 heteroatoms. The maximum atomic E-state index is 14.7. The highest BCUT2D eigenvalue weighted by atomic mass is 19.3. The zero-order valence-electron chi connectivity index (χ0n) is 15.1. The summed E-state index contributed by atoms with van der Waals surface area (Å²) in [6.45, 7) is 7.47. The Hall–Kier alpha value is -1.70. The lowest BCUT2D eigenvalue weighted by Crippen LogP contribution is -2.45. The largest absolute Gasteiger partial charge is 0.444 e. The van der Waals surface area contributed by atoms with Crippen LogP contribution in [0.25, 0.3) is 0 Å². The Morgan fingerprint density at radius 3 is 2.72 bits per heavy atom. The minimum absolute atomic E-state index is 0.0480. The number of amides is 1. The Kier molecular flexibility index (Phi) is 4.29. The molecule has 0 radical (unpaired) electrons. The molecule has 25 heavy (non-hydrogen) atoms. The number of nitrogens with zero attached hydrogens (tertiary/aromatic N) is 3. The monoisotopic (exact) mass is 357 g/mol. The maximum absolute atomic E-state index is 14.7. The van der Waals surface area contributed by atoms with Crippen molar-refractivity contribution in [2.75, 3.05) is 0 Å². The third kappa shape index (κ3) is 3.49. The Labute approximate surface area is 145 Å². The Morgan fingerprint density at radius 2 is 2.08 bits per heavy atom. The first-order valence-electron chi connectivity index (χ1n) is 8.62. The van der Waals surface area contributed by atoms with Crippen molar-refractivity contribution in [1.82, 2.24) is 14.7 Å². The molecule has 3 heterocycles. The predicted molar refractivity (Wildman–Crippen MR) is 86.3 cm³/mol. The number of aromatic nitrogens is 2. The lowest BCUT2D eigenvalue weighted by atomic mass is 9.96. The molecule has 1 amide bonds. The summed E-state index contributed by atoms with van der Waals surface area (Å²) < 4.78 is 36.1. The molecule has 140 valence electrons. The van der Waals surface area contributed by atoms with Gasteiger partial charge in [-0.3, -0.25) is 4.68 Å². The number of aryl methyl sites for hydroxylation is 1. The second kappa shape index (κ2) is 5.93. The van der Waals surface area contributed by atoms with Crippen molar-refractivity contribution in [3.8, 4) is 0 Å². The van der Waals surface area contributed by atoms with E-state index in [0.29, 0.717) is 17.7 Å². The third-order valence-electron chi connectivity index (χ3n) is 4.62. The Bertz CT molecular complexity index is 681. The van der Waals surface area contributed by atoms with Gasteiger partial charge in [-0.1, -0.05) is 0 Å². The zero-order chi connectivity index (χ0) is 18.6. The van der Waals surface area contributed by atoms with E-state index in [2.05, 4.69) is 5.10 Å². The highest BCUT2D eigenvalue weighted by Gasteiger charge is 2.45. The zero-order valence-corrected chi connectivity index (χ0v) is 15.1. The van der Waals surface area contributed by atoms with Crippen LogP contribution in [0.5, 0.6) is 0 Å². The maximum Gasteiger partial charge on any atom is 0.410 e. The van der Waals surface area contributed by atoms with E-state index in [1.54, 1.807) is 20.8 Å². The number of carbonyl (C=O) groups excluding carboxylic acids is 1. The van der Waals surface area contributed by atoms with Crippen LogP contribution in [0.1, 0.15) is 57.5 Å². The molecule has 1 N–H and O–H groups in total. The van der Waals surface area contributed by atoms with E-state index in [0.717, 1.165) is 0 Å². The van der Waals surface area contributed by atoms with Crippen molar-refractivity contribution >= 4 is 6.09 Å². The lowest BCUT2D eigenvalue weighted by molar-refractivity contribution is -0.0513. The normalized spacial score (nSPS) is 25.8. The average molecular weight is 357 g/mol. The summed E-state index contributed by atoms with van der Waals surface area (Å²) in [4.78, 5) is 13.9. The van der Waals surface area contributed by atoms with E-state index in [1.165, 1.54) is 9.58 Å². The molecule has 1 aromatic rings. The first-order chi connectivity index (χ1) is 11.5. The molecule has 1 aromatic heterocycles. The number of rotatable bonds is 0. The summed E-state index contributed by atoms with van der Waals surface area (Å²) in [6.07, 6.45) is -1.53. The number of carbonyl (C=O) groups is 1. The van der Waals surface area contributed by atoms with Gasteiger partial charge in [0.1, 0.15) is 11.3 Å². The molecule has 0 aliphatic carbocycles. The van der Waals surface area contributed by atoms with Crippen LogP contribution in [0.3, 0.4) is 0 Å². The van der Waals surface area contributed by atoms with Crippen LogP contribution in [-0.2, 0) is 30.2 Å². The fourth-order valence-corrected chi connectivity index (χ4v) is 3.50. The molecular formula is C17H25F2N3O3. The van der Waals surface area contributed by atoms with Crippen LogP contribution >= 0.6 is 0 Å². The van der Waals surface area contributed by atoms with Gasteiger partial charge in [0, 0.05) is 31.0 Å². The number of aliphatic hydroxyl groups is 1. The minimum Gasteiger partial charge on any atom is -0.444 e. The Morgan fingerprint density at radius 1 is 1.40 bits per heavy atom. The first kappa shape index (κ1) is 18.1. The highest BCUT2D eigenvalue weighted by Crippen LogP contribution is 2.41. The Balaban J connectivity index is 1.95. The number of halogens is 2. The smallest absolute Gasteiger partial charge is 0.410 e. The van der Waals surface area contributed by atoms with E-state index in [9.17, 15) is 18.7 Å². The van der Waals surface area contributed by atoms with Crippen molar-refractivity contribution in [1.29, 1.82) is 0 Å². The van der Waals surface area contributed by atoms with Crippen LogP contribution in [0, 0.1) is 0 Å². The van der Waals surface area contributed by atoms with Gasteiger partial charge in [-0.15, -0.1) is 0 Å². The second-order valence-electron chi connectivity index (χ2n) is 8.01. The van der Waals surface area contributed by atoms with Gasteiger partial charge in [0.15, 0.2) is 0 Å². The number of aliphatic hydroxyl groups excluding tert-OH is 1. The summed E-state index contributed by atoms with van der Waals surface area (Å²) in [5, 5.41) is 14.1. The molecule has 0 aromatic carbocycles. The van der Waals surface area contributed by atoms with Crippen LogP contribution in [0.2, 0.25) is 0 Å².